The van der Waals surface area contributed by atoms with Crippen molar-refractivity contribution in [1.82, 2.24) is 0 Å². The second-order valence-corrected chi connectivity index (χ2v) is 14.0. The van der Waals surface area contributed by atoms with Crippen molar-refractivity contribution in [3.8, 4) is 0 Å². The van der Waals surface area contributed by atoms with Gasteiger partial charge in [-0.3, -0.25) is 0 Å². The van der Waals surface area contributed by atoms with Gasteiger partial charge in [0.15, 0.2) is 0 Å². The van der Waals surface area contributed by atoms with Crippen LogP contribution in [0.5, 0.6) is 0 Å². The van der Waals surface area contributed by atoms with Gasteiger partial charge < -0.3 is 14.7 Å². The van der Waals surface area contributed by atoms with Crippen LogP contribution in [0.2, 0.25) is 0 Å². The molecule has 8 rings (SSSR count). The average Bonchev–Trinajstić information content (AvgIpc) is 3.60. The van der Waals surface area contributed by atoms with Crippen LogP contribution in [0, 0.1) is 5.92 Å². The largest absolute Gasteiger partial charge is 0.314 e. The van der Waals surface area contributed by atoms with Gasteiger partial charge in [-0.05, 0) is 140 Å². The zero-order valence-corrected chi connectivity index (χ0v) is 31.3. The van der Waals surface area contributed by atoms with E-state index < -0.39 is 0 Å². The Kier molecular flexibility index (Phi) is 9.87. The minimum atomic E-state index is 0.589. The van der Waals surface area contributed by atoms with Gasteiger partial charge >= 0.3 is 0 Å². The average molecular weight is 702 g/mol. The molecule has 4 aromatic rings. The molecule has 1 atom stereocenters. The van der Waals surface area contributed by atoms with Crippen LogP contribution in [0.1, 0.15) is 49.8 Å². The molecule has 0 N–H and O–H groups in total. The van der Waals surface area contributed by atoms with E-state index in [1.807, 2.05) is 12.2 Å². The molecule has 0 aromatic heterocycles. The van der Waals surface area contributed by atoms with Crippen LogP contribution in [-0.2, 0) is 6.42 Å². The third kappa shape index (κ3) is 6.37. The fourth-order valence-corrected chi connectivity index (χ4v) is 8.49. The smallest absolute Gasteiger partial charge is 0.0697 e. The van der Waals surface area contributed by atoms with Gasteiger partial charge in [-0.1, -0.05) is 116 Å². The topological polar surface area (TPSA) is 9.72 Å². The first-order valence-corrected chi connectivity index (χ1v) is 19.1. The Labute approximate surface area is 321 Å². The number of rotatable bonds is 10. The highest BCUT2D eigenvalue weighted by atomic mass is 15.3. The van der Waals surface area contributed by atoms with E-state index in [2.05, 4.69) is 200 Å². The second-order valence-electron chi connectivity index (χ2n) is 14.0. The lowest BCUT2D eigenvalue weighted by Crippen LogP contribution is -2.39. The van der Waals surface area contributed by atoms with Crippen molar-refractivity contribution >= 4 is 28.2 Å². The van der Waals surface area contributed by atoms with Crippen LogP contribution >= 0.6 is 0 Å². The van der Waals surface area contributed by atoms with Gasteiger partial charge in [0.1, 0.15) is 0 Å². The van der Waals surface area contributed by atoms with Crippen LogP contribution < -0.4 is 14.7 Å². The lowest BCUT2D eigenvalue weighted by Gasteiger charge is -2.44. The van der Waals surface area contributed by atoms with Crippen molar-refractivity contribution in [2.24, 2.45) is 5.92 Å². The maximum Gasteiger partial charge on any atom is 0.0697 e. The van der Waals surface area contributed by atoms with Crippen LogP contribution in [0.15, 0.2) is 217 Å². The molecule has 4 aromatic carbocycles. The molecular formula is C51H47N3. The van der Waals surface area contributed by atoms with Gasteiger partial charge in [-0.2, -0.15) is 0 Å². The predicted molar refractivity (Wildman–Crippen MR) is 230 cm³/mol. The molecule has 0 fully saturated rings. The molecule has 3 aliphatic carbocycles. The molecule has 3 heteroatoms. The number of fused-ring (bicyclic) bond motifs is 3. The summed E-state index contributed by atoms with van der Waals surface area (Å²) in [7, 11) is 0. The molecule has 1 unspecified atom stereocenters. The molecule has 266 valence electrons. The molecule has 1 aliphatic heterocycles. The Bertz CT molecular complexity index is 2320. The highest BCUT2D eigenvalue weighted by Crippen LogP contribution is 2.47. The Morgan fingerprint density at radius 3 is 2.19 bits per heavy atom. The molecule has 0 saturated heterocycles. The lowest BCUT2D eigenvalue weighted by atomic mass is 9.86. The molecule has 0 spiro atoms. The summed E-state index contributed by atoms with van der Waals surface area (Å²) >= 11 is 0. The Morgan fingerprint density at radius 1 is 0.741 bits per heavy atom. The zero-order valence-electron chi connectivity index (χ0n) is 31.3. The van der Waals surface area contributed by atoms with Crippen LogP contribution in [-0.4, -0.2) is 0 Å². The van der Waals surface area contributed by atoms with Crippen molar-refractivity contribution in [2.75, 3.05) is 14.7 Å². The standard InChI is InChI=1S/C51H47N3/c1-5-17-41(18-6-2)52(42-21-11-9-12-22-42)45-32-33-50-51(36-45)53(43-23-13-10-14-24-43)48(8-4)49(19-7-3)54(50)44-30-28-37(29-31-44)38-26-27-40-34-39-20-15-16-25-46(39)47(40)35-38/h5-26,28-31,35-36,40H,1,4,27,32-34H2,2-3H3/b18-6-,19-7-,41-17+. The third-order valence-corrected chi connectivity index (χ3v) is 10.8. The van der Waals surface area contributed by atoms with E-state index in [0.29, 0.717) is 5.92 Å². The fourth-order valence-electron chi connectivity index (χ4n) is 8.49. The molecule has 0 bridgehead atoms. The molecule has 0 amide bonds. The van der Waals surface area contributed by atoms with E-state index in [-0.39, 0.29) is 0 Å². The van der Waals surface area contributed by atoms with E-state index in [4.69, 9.17) is 0 Å². The van der Waals surface area contributed by atoms with Gasteiger partial charge in [0, 0.05) is 34.2 Å². The van der Waals surface area contributed by atoms with Gasteiger partial charge in [0.25, 0.3) is 0 Å². The lowest BCUT2D eigenvalue weighted by molar-refractivity contribution is 0.704. The van der Waals surface area contributed by atoms with Gasteiger partial charge in [-0.15, -0.1) is 0 Å². The number of para-hydroxylation sites is 2. The molecular weight excluding hydrogens is 655 g/mol. The Balaban J connectivity index is 1.26. The number of hydrogen-bond donors (Lipinski definition) is 0. The van der Waals surface area contributed by atoms with Crippen molar-refractivity contribution in [2.45, 2.75) is 39.5 Å². The van der Waals surface area contributed by atoms with E-state index >= 15 is 0 Å². The molecule has 1 heterocycles. The quantitative estimate of drug-likeness (QED) is 0.152. The summed E-state index contributed by atoms with van der Waals surface area (Å²) in [6.07, 6.45) is 25.7. The first-order chi connectivity index (χ1) is 26.6. The van der Waals surface area contributed by atoms with E-state index in [1.165, 1.54) is 39.2 Å². The molecule has 4 aliphatic rings. The van der Waals surface area contributed by atoms with Crippen LogP contribution in [0.25, 0.3) is 11.1 Å². The van der Waals surface area contributed by atoms with E-state index in [9.17, 15) is 0 Å². The third-order valence-electron chi connectivity index (χ3n) is 10.8. The van der Waals surface area contributed by atoms with Gasteiger partial charge in [-0.25, -0.2) is 0 Å². The normalized spacial score (nSPS) is 18.3. The Morgan fingerprint density at radius 2 is 1.46 bits per heavy atom. The Hall–Kier alpha value is -6.32. The summed E-state index contributed by atoms with van der Waals surface area (Å²) in [5, 5.41) is 0. The van der Waals surface area contributed by atoms with Gasteiger partial charge in [0.2, 0.25) is 0 Å². The number of anilines is 3. The maximum absolute atomic E-state index is 4.40. The molecule has 54 heavy (non-hydrogen) atoms. The monoisotopic (exact) mass is 701 g/mol. The maximum atomic E-state index is 4.40. The highest BCUT2D eigenvalue weighted by Gasteiger charge is 2.35. The summed E-state index contributed by atoms with van der Waals surface area (Å²) in [5.74, 6) is 0.589. The minimum Gasteiger partial charge on any atom is -0.314 e. The summed E-state index contributed by atoms with van der Waals surface area (Å²) in [4.78, 5) is 7.21. The minimum absolute atomic E-state index is 0.589. The summed E-state index contributed by atoms with van der Waals surface area (Å²) in [5.41, 5.74) is 17.1. The first kappa shape index (κ1) is 34.7. The predicted octanol–water partition coefficient (Wildman–Crippen LogP) is 13.1. The summed E-state index contributed by atoms with van der Waals surface area (Å²) in [6.45, 7) is 12.6. The fraction of sp³-hybridized carbons (Fsp3) is 0.137. The van der Waals surface area contributed by atoms with Crippen molar-refractivity contribution in [3.63, 3.8) is 0 Å². The number of nitrogens with zero attached hydrogens (tertiary/aromatic N) is 3. The van der Waals surface area contributed by atoms with Crippen molar-refractivity contribution in [1.29, 1.82) is 0 Å². The van der Waals surface area contributed by atoms with Crippen LogP contribution in [0.4, 0.5) is 17.1 Å². The number of benzene rings is 4. The second kappa shape index (κ2) is 15.3. The summed E-state index contributed by atoms with van der Waals surface area (Å²) in [6, 6.07) is 39.4. The van der Waals surface area contributed by atoms with Crippen LogP contribution in [0.3, 0.4) is 0 Å². The number of hydrogen-bond acceptors (Lipinski definition) is 3. The molecule has 0 saturated carbocycles. The SMILES string of the molecule is C=C/C=C(\C=C/C)N(C1=CC2=C(CC1)N(c1ccc(C3=CCC4Cc5ccccc5C4=C3)cc1)C(/C=C\C)=C(C=C)N2c1ccccc1)c1ccccc1. The first-order valence-electron chi connectivity index (χ1n) is 19.1. The highest BCUT2D eigenvalue weighted by molar-refractivity contribution is 5.89. The van der Waals surface area contributed by atoms with Crippen molar-refractivity contribution < 1.29 is 0 Å². The van der Waals surface area contributed by atoms with E-state index in [0.717, 1.165) is 65.5 Å². The molecule has 3 nitrogen and oxygen atoms in total. The molecule has 0 radical (unpaired) electrons. The van der Waals surface area contributed by atoms with Gasteiger partial charge in [0.05, 0.1) is 17.1 Å². The summed E-state index contributed by atoms with van der Waals surface area (Å²) < 4.78 is 0. The van der Waals surface area contributed by atoms with Crippen molar-refractivity contribution in [3.05, 3.63) is 234 Å². The zero-order chi connectivity index (χ0) is 37.0. The number of allylic oxidation sites excluding steroid dienone is 14. The van der Waals surface area contributed by atoms with E-state index in [1.54, 1.807) is 0 Å².